The van der Waals surface area contributed by atoms with Crippen molar-refractivity contribution in [3.8, 4) is 0 Å². The first-order chi connectivity index (χ1) is 16.2. The molecule has 6 nitrogen and oxygen atoms in total. The largest absolute Gasteiger partial charge is 0.454 e. The average Bonchev–Trinajstić information content (AvgIpc) is 3.03. The number of benzene rings is 2. The molecule has 1 saturated heterocycles. The summed E-state index contributed by atoms with van der Waals surface area (Å²) in [6.45, 7) is 12.4. The second kappa shape index (κ2) is 8.86. The van der Waals surface area contributed by atoms with Gasteiger partial charge in [0.2, 0.25) is 15.8 Å². The summed E-state index contributed by atoms with van der Waals surface area (Å²) in [5, 5.41) is 0. The van der Waals surface area contributed by atoms with Gasteiger partial charge in [0, 0.05) is 18.2 Å². The highest BCUT2D eigenvalue weighted by molar-refractivity contribution is 7.89. The van der Waals surface area contributed by atoms with Gasteiger partial charge in [0.05, 0.1) is 10.5 Å². The number of aryl methyl sites for hydroxylation is 3. The van der Waals surface area contributed by atoms with Crippen LogP contribution in [0.3, 0.4) is 0 Å². The first kappa shape index (κ1) is 25.6. The molecular weight excluding hydrogens is 462 g/mol. The molecule has 1 aliphatic heterocycles. The molecule has 2 aromatic rings. The fourth-order valence-electron chi connectivity index (χ4n) is 6.16. The Morgan fingerprint density at radius 1 is 1.00 bits per heavy atom. The van der Waals surface area contributed by atoms with Crippen LogP contribution in [0.2, 0.25) is 0 Å². The van der Waals surface area contributed by atoms with Gasteiger partial charge in [-0.15, -0.1) is 0 Å². The first-order valence-corrected chi connectivity index (χ1v) is 13.5. The predicted octanol–water partition coefficient (Wildman–Crippen LogP) is 5.24. The first-order valence-electron chi connectivity index (χ1n) is 12.1. The van der Waals surface area contributed by atoms with Gasteiger partial charge in [-0.05, 0) is 91.8 Å². The average molecular weight is 498 g/mol. The van der Waals surface area contributed by atoms with E-state index in [2.05, 4.69) is 20.8 Å². The fraction of sp³-hybridized carbons (Fsp3) is 0.500. The molecule has 2 fully saturated rings. The van der Waals surface area contributed by atoms with Gasteiger partial charge in [0.15, 0.2) is 6.61 Å². The third kappa shape index (κ3) is 5.07. The Kier molecular flexibility index (Phi) is 6.47. The molecule has 0 spiro atoms. The van der Waals surface area contributed by atoms with Crippen LogP contribution in [0.4, 0.5) is 0 Å². The van der Waals surface area contributed by atoms with Crippen LogP contribution < -0.4 is 0 Å². The van der Waals surface area contributed by atoms with Gasteiger partial charge in [0.1, 0.15) is 0 Å². The standard InChI is InChI=1S/C28H35NO5S/c1-18-10-20(3)24(11-19(18)2)25(30)15-34-26(31)21-8-7-9-23(12-21)35(32,33)29-17-28(6)14-22(29)13-27(4,5)16-28/h7-12,22H,13-17H2,1-6H3. The smallest absolute Gasteiger partial charge is 0.338 e. The van der Waals surface area contributed by atoms with Crippen molar-refractivity contribution in [3.63, 3.8) is 0 Å². The number of esters is 1. The van der Waals surface area contributed by atoms with E-state index in [4.69, 9.17) is 4.74 Å². The summed E-state index contributed by atoms with van der Waals surface area (Å²) in [6.07, 6.45) is 2.67. The van der Waals surface area contributed by atoms with E-state index in [1.165, 1.54) is 18.2 Å². The van der Waals surface area contributed by atoms with Gasteiger partial charge in [0.25, 0.3) is 0 Å². The zero-order valence-corrected chi connectivity index (χ0v) is 22.3. The van der Waals surface area contributed by atoms with Crippen LogP contribution in [-0.4, -0.2) is 43.7 Å². The number of fused-ring (bicyclic) bond motifs is 2. The summed E-state index contributed by atoms with van der Waals surface area (Å²) in [7, 11) is -3.77. The molecule has 35 heavy (non-hydrogen) atoms. The summed E-state index contributed by atoms with van der Waals surface area (Å²) in [4.78, 5) is 25.5. The van der Waals surface area contributed by atoms with Crippen LogP contribution >= 0.6 is 0 Å². The fourth-order valence-corrected chi connectivity index (χ4v) is 7.98. The highest BCUT2D eigenvalue weighted by Gasteiger charge is 2.53. The topological polar surface area (TPSA) is 80.8 Å². The Hall–Kier alpha value is -2.51. The van der Waals surface area contributed by atoms with Crippen LogP contribution in [0.1, 0.15) is 77.4 Å². The normalized spacial score (nSPS) is 23.8. The van der Waals surface area contributed by atoms with E-state index in [0.29, 0.717) is 12.1 Å². The second-order valence-corrected chi connectivity index (χ2v) is 13.4. The minimum absolute atomic E-state index is 0.0387. The molecule has 2 unspecified atom stereocenters. The van der Waals surface area contributed by atoms with Gasteiger partial charge in [-0.1, -0.05) is 32.9 Å². The van der Waals surface area contributed by atoms with E-state index in [1.54, 1.807) is 10.4 Å². The number of sulfonamides is 1. The highest BCUT2D eigenvalue weighted by atomic mass is 32.2. The molecule has 1 heterocycles. The molecule has 1 saturated carbocycles. The van der Waals surface area contributed by atoms with Crippen molar-refractivity contribution in [2.75, 3.05) is 13.2 Å². The summed E-state index contributed by atoms with van der Waals surface area (Å²) in [5.41, 5.74) is 3.60. The molecule has 0 aromatic heterocycles. The van der Waals surface area contributed by atoms with Gasteiger partial charge >= 0.3 is 5.97 Å². The van der Waals surface area contributed by atoms with E-state index in [-0.39, 0.29) is 33.1 Å². The lowest BCUT2D eigenvalue weighted by Gasteiger charge is -2.39. The lowest BCUT2D eigenvalue weighted by molar-refractivity contribution is 0.0474. The summed E-state index contributed by atoms with van der Waals surface area (Å²) < 4.78 is 34.0. The second-order valence-electron chi connectivity index (χ2n) is 11.5. The molecule has 188 valence electrons. The van der Waals surface area contributed by atoms with Crippen molar-refractivity contribution in [1.82, 2.24) is 4.31 Å². The molecule has 1 aliphatic carbocycles. The van der Waals surface area contributed by atoms with Crippen molar-refractivity contribution in [1.29, 1.82) is 0 Å². The molecule has 0 radical (unpaired) electrons. The number of ketones is 1. The zero-order chi connectivity index (χ0) is 25.8. The van der Waals surface area contributed by atoms with E-state index in [1.807, 2.05) is 32.9 Å². The Labute approximate surface area is 208 Å². The third-order valence-electron chi connectivity index (χ3n) is 7.52. The van der Waals surface area contributed by atoms with Crippen LogP contribution in [0, 0.1) is 31.6 Å². The Bertz CT molecular complexity index is 1300. The maximum atomic E-state index is 13.6. The summed E-state index contributed by atoms with van der Waals surface area (Å²) in [5.74, 6) is -1.01. The van der Waals surface area contributed by atoms with Crippen molar-refractivity contribution >= 4 is 21.8 Å². The van der Waals surface area contributed by atoms with E-state index in [9.17, 15) is 18.0 Å². The van der Waals surface area contributed by atoms with Crippen molar-refractivity contribution in [2.45, 2.75) is 71.7 Å². The molecule has 0 N–H and O–H groups in total. The molecule has 2 aromatic carbocycles. The van der Waals surface area contributed by atoms with Crippen LogP contribution in [0.5, 0.6) is 0 Å². The van der Waals surface area contributed by atoms with Gasteiger partial charge in [-0.25, -0.2) is 13.2 Å². The maximum Gasteiger partial charge on any atom is 0.338 e. The molecule has 7 heteroatoms. The number of carbonyl (C=O) groups excluding carboxylic acids is 2. The third-order valence-corrected chi connectivity index (χ3v) is 9.41. The van der Waals surface area contributed by atoms with Crippen LogP contribution in [0.15, 0.2) is 41.3 Å². The van der Waals surface area contributed by atoms with E-state index in [0.717, 1.165) is 36.0 Å². The van der Waals surface area contributed by atoms with Crippen molar-refractivity contribution in [2.24, 2.45) is 10.8 Å². The molecule has 0 amide bonds. The molecule has 4 rings (SSSR count). The number of nitrogens with zero attached hydrogens (tertiary/aromatic N) is 1. The predicted molar refractivity (Wildman–Crippen MR) is 135 cm³/mol. The van der Waals surface area contributed by atoms with Gasteiger partial charge in [-0.3, -0.25) is 4.79 Å². The van der Waals surface area contributed by atoms with Gasteiger partial charge in [-0.2, -0.15) is 4.31 Å². The lowest BCUT2D eigenvalue weighted by Crippen LogP contribution is -2.37. The minimum atomic E-state index is -3.77. The molecule has 2 atom stereocenters. The maximum absolute atomic E-state index is 13.6. The quantitative estimate of drug-likeness (QED) is 0.403. The number of rotatable bonds is 6. The summed E-state index contributed by atoms with van der Waals surface area (Å²) >= 11 is 0. The van der Waals surface area contributed by atoms with Crippen LogP contribution in [-0.2, 0) is 14.8 Å². The number of ether oxygens (including phenoxy) is 1. The Morgan fingerprint density at radius 3 is 2.40 bits per heavy atom. The van der Waals surface area contributed by atoms with E-state index < -0.39 is 22.6 Å². The number of Topliss-reactive ketones (excluding diaryl/α,β-unsaturated/α-hetero) is 1. The Morgan fingerprint density at radius 2 is 1.69 bits per heavy atom. The number of hydrogen-bond acceptors (Lipinski definition) is 5. The minimum Gasteiger partial charge on any atom is -0.454 e. The zero-order valence-electron chi connectivity index (χ0n) is 21.5. The molecule has 2 bridgehead atoms. The van der Waals surface area contributed by atoms with Crippen molar-refractivity contribution in [3.05, 3.63) is 64.2 Å². The molecular formula is C28H35NO5S. The van der Waals surface area contributed by atoms with E-state index >= 15 is 0 Å². The molecule has 2 aliphatic rings. The van der Waals surface area contributed by atoms with Gasteiger partial charge < -0.3 is 4.74 Å². The van der Waals surface area contributed by atoms with Crippen molar-refractivity contribution < 1.29 is 22.7 Å². The SMILES string of the molecule is Cc1cc(C)c(C(=O)COC(=O)c2cccc(S(=O)(=O)N3CC4(C)CC3CC(C)(C)C4)c2)cc1C. The number of hydrogen-bond donors (Lipinski definition) is 0. The Balaban J connectivity index is 1.49. The van der Waals surface area contributed by atoms with Crippen LogP contribution in [0.25, 0.3) is 0 Å². The lowest BCUT2D eigenvalue weighted by atomic mass is 9.65. The number of carbonyl (C=O) groups is 2. The monoisotopic (exact) mass is 497 g/mol. The highest BCUT2D eigenvalue weighted by Crippen LogP contribution is 2.53. The summed E-state index contributed by atoms with van der Waals surface area (Å²) in [6, 6.07) is 9.65.